The van der Waals surface area contributed by atoms with Crippen LogP contribution >= 0.6 is 11.3 Å². The lowest BCUT2D eigenvalue weighted by molar-refractivity contribution is -0.114. The molecule has 22 heavy (non-hydrogen) atoms. The number of amides is 1. The van der Waals surface area contributed by atoms with Crippen LogP contribution in [0.3, 0.4) is 0 Å². The fourth-order valence-electron chi connectivity index (χ4n) is 1.73. The van der Waals surface area contributed by atoms with E-state index in [4.69, 9.17) is 9.47 Å². The van der Waals surface area contributed by atoms with E-state index in [-0.39, 0.29) is 23.0 Å². The van der Waals surface area contributed by atoms with Crippen LogP contribution in [0.2, 0.25) is 0 Å². The Hall–Kier alpha value is -1.89. The largest absolute Gasteiger partial charge is 0.462 e. The van der Waals surface area contributed by atoms with Crippen molar-refractivity contribution in [3.8, 4) is 0 Å². The molecule has 0 aliphatic carbocycles. The molecule has 0 spiro atoms. The quantitative estimate of drug-likeness (QED) is 0.859. The second-order valence-corrected chi connectivity index (χ2v) is 6.68. The topological polar surface area (TPSA) is 81.7 Å². The summed E-state index contributed by atoms with van der Waals surface area (Å²) in [6.07, 6.45) is 0. The highest BCUT2D eigenvalue weighted by Crippen LogP contribution is 2.34. The molecule has 0 aliphatic heterocycles. The summed E-state index contributed by atoms with van der Waals surface area (Å²) >= 11 is 1.01. The van der Waals surface area contributed by atoms with Gasteiger partial charge in [0.1, 0.15) is 15.5 Å². The van der Waals surface area contributed by atoms with Crippen molar-refractivity contribution in [2.45, 2.75) is 47.1 Å². The number of rotatable bonds is 4. The highest BCUT2D eigenvalue weighted by Gasteiger charge is 2.28. The van der Waals surface area contributed by atoms with Crippen LogP contribution in [0.1, 0.15) is 60.2 Å². The first-order valence-electron chi connectivity index (χ1n) is 6.88. The van der Waals surface area contributed by atoms with Gasteiger partial charge in [-0.25, -0.2) is 9.59 Å². The molecule has 1 amide bonds. The number of anilines is 1. The number of carbonyl (C=O) groups excluding carboxylic acids is 3. The van der Waals surface area contributed by atoms with Crippen LogP contribution in [-0.4, -0.2) is 30.1 Å². The number of carbonyl (C=O) groups is 3. The second-order valence-electron chi connectivity index (χ2n) is 5.66. The lowest BCUT2D eigenvalue weighted by Crippen LogP contribution is -2.23. The van der Waals surface area contributed by atoms with E-state index in [0.717, 1.165) is 11.3 Å². The molecule has 1 heterocycles. The van der Waals surface area contributed by atoms with Gasteiger partial charge in [-0.15, -0.1) is 11.3 Å². The van der Waals surface area contributed by atoms with E-state index < -0.39 is 17.5 Å². The maximum absolute atomic E-state index is 12.2. The summed E-state index contributed by atoms with van der Waals surface area (Å²) in [5.41, 5.74) is -0.00413. The number of ether oxygens (including phenoxy) is 2. The van der Waals surface area contributed by atoms with Gasteiger partial charge >= 0.3 is 11.9 Å². The molecule has 1 aromatic heterocycles. The molecular weight excluding hydrogens is 306 g/mol. The highest BCUT2D eigenvalue weighted by molar-refractivity contribution is 7.18. The first-order chi connectivity index (χ1) is 10.1. The third kappa shape index (κ3) is 4.56. The van der Waals surface area contributed by atoms with Crippen LogP contribution in [0, 0.1) is 6.92 Å². The molecule has 0 atom stereocenters. The number of esters is 2. The fraction of sp³-hybridized carbons (Fsp3) is 0.533. The van der Waals surface area contributed by atoms with Crippen LogP contribution in [0.4, 0.5) is 5.00 Å². The maximum atomic E-state index is 12.2. The SMILES string of the molecule is CCOC(=O)c1c(NC(C)=O)sc(C(=O)OC(C)(C)C)c1C. The molecule has 1 aromatic rings. The molecule has 0 unspecified atom stereocenters. The van der Waals surface area contributed by atoms with E-state index in [1.807, 2.05) is 0 Å². The van der Waals surface area contributed by atoms with Gasteiger partial charge in [-0.05, 0) is 40.2 Å². The average Bonchev–Trinajstić information content (AvgIpc) is 2.63. The van der Waals surface area contributed by atoms with Crippen LogP contribution in [-0.2, 0) is 14.3 Å². The predicted octanol–water partition coefficient (Wildman–Crippen LogP) is 3.15. The Bertz CT molecular complexity index is 598. The Morgan fingerprint density at radius 3 is 2.23 bits per heavy atom. The summed E-state index contributed by atoms with van der Waals surface area (Å²) < 4.78 is 10.3. The molecule has 0 saturated heterocycles. The molecule has 0 aliphatic rings. The van der Waals surface area contributed by atoms with Gasteiger partial charge in [0.15, 0.2) is 0 Å². The molecule has 7 heteroatoms. The van der Waals surface area contributed by atoms with E-state index in [1.165, 1.54) is 6.92 Å². The number of hydrogen-bond donors (Lipinski definition) is 1. The van der Waals surface area contributed by atoms with E-state index >= 15 is 0 Å². The van der Waals surface area contributed by atoms with Crippen molar-refractivity contribution in [3.63, 3.8) is 0 Å². The van der Waals surface area contributed by atoms with Gasteiger partial charge in [-0.2, -0.15) is 0 Å². The summed E-state index contributed by atoms with van der Waals surface area (Å²) in [6.45, 7) is 10.1. The number of thiophene rings is 1. The van der Waals surface area contributed by atoms with Crippen LogP contribution in [0.5, 0.6) is 0 Å². The predicted molar refractivity (Wildman–Crippen MR) is 84.5 cm³/mol. The summed E-state index contributed by atoms with van der Waals surface area (Å²) in [6, 6.07) is 0. The minimum Gasteiger partial charge on any atom is -0.462 e. The van der Waals surface area contributed by atoms with Crippen molar-refractivity contribution in [2.24, 2.45) is 0 Å². The van der Waals surface area contributed by atoms with Crippen molar-refractivity contribution in [3.05, 3.63) is 16.0 Å². The Balaban J connectivity index is 3.28. The summed E-state index contributed by atoms with van der Waals surface area (Å²) in [7, 11) is 0. The maximum Gasteiger partial charge on any atom is 0.349 e. The standard InChI is InChI=1S/C15H21NO5S/c1-7-20-13(18)10-8(2)11(14(19)21-15(4,5)6)22-12(10)16-9(3)17/h7H2,1-6H3,(H,16,17). The van der Waals surface area contributed by atoms with E-state index in [9.17, 15) is 14.4 Å². The van der Waals surface area contributed by atoms with Gasteiger partial charge in [0.25, 0.3) is 0 Å². The zero-order chi connectivity index (χ0) is 17.1. The average molecular weight is 327 g/mol. The molecule has 0 saturated carbocycles. The molecular formula is C15H21NO5S. The smallest absolute Gasteiger partial charge is 0.349 e. The highest BCUT2D eigenvalue weighted by atomic mass is 32.1. The minimum atomic E-state index is -0.647. The third-order valence-corrected chi connectivity index (χ3v) is 3.69. The van der Waals surface area contributed by atoms with Crippen LogP contribution in [0.15, 0.2) is 0 Å². The van der Waals surface area contributed by atoms with Gasteiger partial charge in [-0.3, -0.25) is 4.79 Å². The normalized spacial score (nSPS) is 11.0. The monoisotopic (exact) mass is 327 g/mol. The molecule has 0 aromatic carbocycles. The van der Waals surface area contributed by atoms with Crippen molar-refractivity contribution in [2.75, 3.05) is 11.9 Å². The lowest BCUT2D eigenvalue weighted by Gasteiger charge is -2.19. The van der Waals surface area contributed by atoms with E-state index in [2.05, 4.69) is 5.32 Å². The minimum absolute atomic E-state index is 0.197. The van der Waals surface area contributed by atoms with E-state index in [0.29, 0.717) is 10.6 Å². The van der Waals surface area contributed by atoms with Gasteiger partial charge in [-0.1, -0.05) is 0 Å². The Labute approximate surface area is 133 Å². The second kappa shape index (κ2) is 6.91. The molecule has 0 bridgehead atoms. The van der Waals surface area contributed by atoms with E-state index in [1.54, 1.807) is 34.6 Å². The Kier molecular flexibility index (Phi) is 5.71. The summed E-state index contributed by atoms with van der Waals surface area (Å²) in [5, 5.41) is 2.86. The van der Waals surface area contributed by atoms with Gasteiger partial charge in [0.2, 0.25) is 5.91 Å². The molecule has 0 fully saturated rings. The zero-order valence-corrected chi connectivity index (χ0v) is 14.5. The van der Waals surface area contributed by atoms with Crippen LogP contribution < -0.4 is 5.32 Å². The van der Waals surface area contributed by atoms with Crippen molar-refractivity contribution in [1.82, 2.24) is 0 Å². The lowest BCUT2D eigenvalue weighted by atomic mass is 10.1. The summed E-state index contributed by atoms with van der Waals surface area (Å²) in [4.78, 5) is 35.9. The van der Waals surface area contributed by atoms with Gasteiger partial charge in [0.05, 0.1) is 12.2 Å². The number of hydrogen-bond acceptors (Lipinski definition) is 6. The number of nitrogens with one attached hydrogen (secondary N) is 1. The first-order valence-corrected chi connectivity index (χ1v) is 7.70. The summed E-state index contributed by atoms with van der Waals surface area (Å²) in [5.74, 6) is -1.44. The molecule has 122 valence electrons. The van der Waals surface area contributed by atoms with Crippen molar-refractivity contribution >= 4 is 34.2 Å². The van der Waals surface area contributed by atoms with Crippen molar-refractivity contribution < 1.29 is 23.9 Å². The van der Waals surface area contributed by atoms with Gasteiger partial charge < -0.3 is 14.8 Å². The Morgan fingerprint density at radius 1 is 1.18 bits per heavy atom. The van der Waals surface area contributed by atoms with Gasteiger partial charge in [0, 0.05) is 6.92 Å². The van der Waals surface area contributed by atoms with Crippen molar-refractivity contribution in [1.29, 1.82) is 0 Å². The fourth-order valence-corrected chi connectivity index (χ4v) is 2.85. The zero-order valence-electron chi connectivity index (χ0n) is 13.7. The Morgan fingerprint density at radius 2 is 1.77 bits per heavy atom. The van der Waals surface area contributed by atoms with Crippen LogP contribution in [0.25, 0.3) is 0 Å². The third-order valence-electron chi connectivity index (χ3n) is 2.50. The molecule has 0 radical (unpaired) electrons. The molecule has 1 rings (SSSR count). The molecule has 1 N–H and O–H groups in total. The molecule has 6 nitrogen and oxygen atoms in total. The first kappa shape index (κ1) is 18.2.